The molecule has 7 heteroatoms. The normalized spacial score (nSPS) is 12.3. The number of carbonyl (C=O) groups is 1. The fourth-order valence-corrected chi connectivity index (χ4v) is 2.69. The van der Waals surface area contributed by atoms with Gasteiger partial charge in [-0.15, -0.1) is 11.3 Å². The Balaban J connectivity index is 2.43. The van der Waals surface area contributed by atoms with E-state index in [1.165, 1.54) is 17.7 Å². The van der Waals surface area contributed by atoms with Crippen molar-refractivity contribution < 1.29 is 14.6 Å². The van der Waals surface area contributed by atoms with Crippen molar-refractivity contribution in [3.8, 4) is 0 Å². The van der Waals surface area contributed by atoms with Crippen molar-refractivity contribution >= 4 is 33.3 Å². The van der Waals surface area contributed by atoms with Crippen LogP contribution in [0, 0.1) is 0 Å². The molecule has 2 heterocycles. The summed E-state index contributed by atoms with van der Waals surface area (Å²) in [6.07, 6.45) is 2.20. The topological polar surface area (TPSA) is 84.3 Å². The summed E-state index contributed by atoms with van der Waals surface area (Å²) in [7, 11) is 0. The van der Waals surface area contributed by atoms with Gasteiger partial charge in [-0.1, -0.05) is 6.92 Å². The molecule has 2 aromatic rings. The van der Waals surface area contributed by atoms with Crippen LogP contribution in [0.25, 0.3) is 10.2 Å². The second-order valence-electron chi connectivity index (χ2n) is 4.20. The molecule has 2 N–H and O–H groups in total. The summed E-state index contributed by atoms with van der Waals surface area (Å²) >= 11 is 1.37. The fourth-order valence-electron chi connectivity index (χ4n) is 1.81. The summed E-state index contributed by atoms with van der Waals surface area (Å²) in [5.41, 5.74) is 0.461. The minimum atomic E-state index is -0.381. The fraction of sp³-hybridized carbons (Fsp3) is 0.462. The van der Waals surface area contributed by atoms with Crippen molar-refractivity contribution in [3.05, 3.63) is 17.3 Å². The molecule has 0 aliphatic heterocycles. The summed E-state index contributed by atoms with van der Waals surface area (Å²) in [6, 6.07) is -0.108. The van der Waals surface area contributed by atoms with Crippen LogP contribution in [0.4, 0.5) is 5.82 Å². The minimum Gasteiger partial charge on any atom is -0.462 e. The van der Waals surface area contributed by atoms with Gasteiger partial charge in [0, 0.05) is 5.38 Å². The number of hydrogen-bond donors (Lipinski definition) is 2. The Morgan fingerprint density at radius 3 is 2.95 bits per heavy atom. The van der Waals surface area contributed by atoms with Crippen LogP contribution in [-0.2, 0) is 4.74 Å². The van der Waals surface area contributed by atoms with Gasteiger partial charge in [0.1, 0.15) is 17.0 Å². The number of ether oxygens (including phenoxy) is 1. The average Bonchev–Trinajstić information content (AvgIpc) is 2.89. The molecule has 2 rings (SSSR count). The molecule has 2 aromatic heterocycles. The molecule has 108 valence electrons. The van der Waals surface area contributed by atoms with Gasteiger partial charge in [-0.05, 0) is 13.3 Å². The van der Waals surface area contributed by atoms with Crippen molar-refractivity contribution in [1.82, 2.24) is 9.97 Å². The maximum absolute atomic E-state index is 11.9. The predicted molar refractivity (Wildman–Crippen MR) is 78.2 cm³/mol. The maximum atomic E-state index is 11.9. The molecule has 6 nitrogen and oxygen atoms in total. The lowest BCUT2D eigenvalue weighted by Crippen LogP contribution is -2.23. The third-order valence-corrected chi connectivity index (χ3v) is 3.81. The van der Waals surface area contributed by atoms with Crippen molar-refractivity contribution in [1.29, 1.82) is 0 Å². The van der Waals surface area contributed by atoms with Gasteiger partial charge in [-0.3, -0.25) is 0 Å². The van der Waals surface area contributed by atoms with E-state index in [4.69, 9.17) is 4.74 Å². The third-order valence-electron chi connectivity index (χ3n) is 2.92. The van der Waals surface area contributed by atoms with Gasteiger partial charge in [-0.25, -0.2) is 14.8 Å². The molecular weight excluding hydrogens is 278 g/mol. The lowest BCUT2D eigenvalue weighted by Gasteiger charge is -2.15. The Kier molecular flexibility index (Phi) is 4.86. The van der Waals surface area contributed by atoms with Gasteiger partial charge in [0.2, 0.25) is 0 Å². The number of thiophene rings is 1. The van der Waals surface area contributed by atoms with Crippen LogP contribution < -0.4 is 5.32 Å². The van der Waals surface area contributed by atoms with Crippen molar-refractivity contribution in [3.63, 3.8) is 0 Å². The highest BCUT2D eigenvalue weighted by molar-refractivity contribution is 7.17. The molecular formula is C13H17N3O3S. The van der Waals surface area contributed by atoms with Gasteiger partial charge in [-0.2, -0.15) is 0 Å². The number of aromatic nitrogens is 2. The first-order valence-electron chi connectivity index (χ1n) is 6.47. The molecule has 0 aliphatic rings. The zero-order valence-electron chi connectivity index (χ0n) is 11.4. The standard InChI is InChI=1S/C13H17N3O3S/c1-3-8(5-17)16-11-10-9(13(18)19-4-2)6-20-12(10)15-7-14-11/h6-8,17H,3-5H2,1-2H3,(H,14,15,16). The van der Waals surface area contributed by atoms with Gasteiger partial charge < -0.3 is 15.2 Å². The SMILES string of the molecule is CCOC(=O)c1csc2ncnc(NC(CC)CO)c12. The highest BCUT2D eigenvalue weighted by Crippen LogP contribution is 2.30. The van der Waals surface area contributed by atoms with Crippen molar-refractivity contribution in [2.75, 3.05) is 18.5 Å². The molecule has 0 aromatic carbocycles. The third kappa shape index (κ3) is 2.88. The summed E-state index contributed by atoms with van der Waals surface area (Å²) in [6.45, 7) is 4.05. The molecule has 0 saturated heterocycles. The lowest BCUT2D eigenvalue weighted by atomic mass is 10.2. The second kappa shape index (κ2) is 6.62. The Bertz CT molecular complexity index is 596. The summed E-state index contributed by atoms with van der Waals surface area (Å²) < 4.78 is 5.04. The van der Waals surface area contributed by atoms with E-state index in [0.29, 0.717) is 23.4 Å². The van der Waals surface area contributed by atoms with E-state index in [2.05, 4.69) is 15.3 Å². The quantitative estimate of drug-likeness (QED) is 0.793. The predicted octanol–water partition coefficient (Wildman–Crippen LogP) is 2.05. The first-order chi connectivity index (χ1) is 9.71. The summed E-state index contributed by atoms with van der Waals surface area (Å²) in [5, 5.41) is 14.8. The molecule has 0 spiro atoms. The number of hydrogen-bond acceptors (Lipinski definition) is 7. The van der Waals surface area contributed by atoms with E-state index < -0.39 is 0 Å². The smallest absolute Gasteiger partial charge is 0.339 e. The molecule has 1 unspecified atom stereocenters. The number of rotatable bonds is 6. The Morgan fingerprint density at radius 1 is 1.50 bits per heavy atom. The maximum Gasteiger partial charge on any atom is 0.339 e. The highest BCUT2D eigenvalue weighted by Gasteiger charge is 2.19. The minimum absolute atomic E-state index is 0.000866. The zero-order valence-corrected chi connectivity index (χ0v) is 12.2. The van der Waals surface area contributed by atoms with Crippen LogP contribution in [0.5, 0.6) is 0 Å². The molecule has 1 atom stereocenters. The molecule has 0 aliphatic carbocycles. The number of esters is 1. The number of aliphatic hydroxyl groups excluding tert-OH is 1. The molecule has 0 amide bonds. The monoisotopic (exact) mass is 295 g/mol. The van der Waals surface area contributed by atoms with E-state index in [1.54, 1.807) is 12.3 Å². The number of carbonyl (C=O) groups excluding carboxylic acids is 1. The molecule has 0 fully saturated rings. The van der Waals surface area contributed by atoms with Crippen molar-refractivity contribution in [2.24, 2.45) is 0 Å². The average molecular weight is 295 g/mol. The summed E-state index contributed by atoms with van der Waals surface area (Å²) in [5.74, 6) is 0.175. The zero-order chi connectivity index (χ0) is 14.5. The Morgan fingerprint density at radius 2 is 2.30 bits per heavy atom. The number of anilines is 1. The molecule has 0 radical (unpaired) electrons. The van der Waals surface area contributed by atoms with Crippen LogP contribution in [0.3, 0.4) is 0 Å². The number of nitrogens with one attached hydrogen (secondary N) is 1. The number of fused-ring (bicyclic) bond motifs is 1. The van der Waals surface area contributed by atoms with Crippen LogP contribution in [-0.4, -0.2) is 40.3 Å². The molecule has 0 bridgehead atoms. The van der Waals surface area contributed by atoms with Gasteiger partial charge in [0.15, 0.2) is 0 Å². The lowest BCUT2D eigenvalue weighted by molar-refractivity contribution is 0.0529. The Hall–Kier alpha value is -1.73. The van der Waals surface area contributed by atoms with E-state index >= 15 is 0 Å². The van der Waals surface area contributed by atoms with Crippen LogP contribution in [0.2, 0.25) is 0 Å². The van der Waals surface area contributed by atoms with Gasteiger partial charge in [0.05, 0.1) is 30.2 Å². The highest BCUT2D eigenvalue weighted by atomic mass is 32.1. The van der Waals surface area contributed by atoms with Crippen LogP contribution >= 0.6 is 11.3 Å². The second-order valence-corrected chi connectivity index (χ2v) is 5.06. The van der Waals surface area contributed by atoms with E-state index in [0.717, 1.165) is 11.3 Å². The van der Waals surface area contributed by atoms with E-state index in [-0.39, 0.29) is 18.6 Å². The molecule has 0 saturated carbocycles. The Labute approximate surface area is 120 Å². The molecule has 20 heavy (non-hydrogen) atoms. The van der Waals surface area contributed by atoms with Gasteiger partial charge >= 0.3 is 5.97 Å². The van der Waals surface area contributed by atoms with E-state index in [1.807, 2.05) is 6.92 Å². The number of nitrogens with zero attached hydrogens (tertiary/aromatic N) is 2. The van der Waals surface area contributed by atoms with Crippen molar-refractivity contribution in [2.45, 2.75) is 26.3 Å². The van der Waals surface area contributed by atoms with Crippen LogP contribution in [0.15, 0.2) is 11.7 Å². The van der Waals surface area contributed by atoms with E-state index in [9.17, 15) is 9.90 Å². The van der Waals surface area contributed by atoms with Crippen LogP contribution in [0.1, 0.15) is 30.6 Å². The first kappa shape index (κ1) is 14.7. The first-order valence-corrected chi connectivity index (χ1v) is 7.35. The summed E-state index contributed by atoms with van der Waals surface area (Å²) in [4.78, 5) is 21.0. The number of aliphatic hydroxyl groups is 1. The van der Waals surface area contributed by atoms with Gasteiger partial charge in [0.25, 0.3) is 0 Å². The largest absolute Gasteiger partial charge is 0.462 e.